The molecule has 8 nitrogen and oxygen atoms in total. The van der Waals surface area contributed by atoms with Crippen LogP contribution < -0.4 is 9.80 Å². The molecule has 1 aromatic carbocycles. The first-order valence-corrected chi connectivity index (χ1v) is 11.8. The number of rotatable bonds is 6. The van der Waals surface area contributed by atoms with E-state index in [0.29, 0.717) is 38.1 Å². The molecule has 4 rings (SSSR count). The minimum Gasteiger partial charge on any atom is -0.480 e. The molecule has 190 valence electrons. The predicted octanol–water partition coefficient (Wildman–Crippen LogP) is 4.53. The molecule has 0 unspecified atom stereocenters. The van der Waals surface area contributed by atoms with Gasteiger partial charge in [-0.05, 0) is 18.2 Å². The Hall–Kier alpha value is -3.29. The number of aliphatic carboxylic acids is 1. The van der Waals surface area contributed by atoms with E-state index in [1.807, 2.05) is 4.90 Å². The van der Waals surface area contributed by atoms with Gasteiger partial charge in [0, 0.05) is 44.0 Å². The Labute approximate surface area is 211 Å². The molecule has 0 atom stereocenters. The van der Waals surface area contributed by atoms with Crippen LogP contribution in [0.4, 0.5) is 34.2 Å². The predicted molar refractivity (Wildman–Crippen MR) is 126 cm³/mol. The summed E-state index contributed by atoms with van der Waals surface area (Å²) in [6.07, 6.45) is -2.41. The van der Waals surface area contributed by atoms with E-state index >= 15 is 0 Å². The van der Waals surface area contributed by atoms with E-state index in [0.717, 1.165) is 28.4 Å². The summed E-state index contributed by atoms with van der Waals surface area (Å²) in [5.74, 6) is -3.03. The van der Waals surface area contributed by atoms with Crippen LogP contribution in [-0.4, -0.2) is 64.6 Å². The molecule has 36 heavy (non-hydrogen) atoms. The van der Waals surface area contributed by atoms with Gasteiger partial charge < -0.3 is 10.0 Å². The smallest absolute Gasteiger partial charge is 0.419 e. The molecule has 1 aliphatic heterocycles. The normalized spacial score (nSPS) is 14.6. The molecule has 0 bridgehead atoms. The Morgan fingerprint density at radius 1 is 1.17 bits per heavy atom. The van der Waals surface area contributed by atoms with Gasteiger partial charge in [0.15, 0.2) is 10.9 Å². The summed E-state index contributed by atoms with van der Waals surface area (Å²) >= 11 is 7.34. The lowest BCUT2D eigenvalue weighted by atomic mass is 10.1. The summed E-state index contributed by atoms with van der Waals surface area (Å²) in [5, 5.41) is 10.5. The number of aromatic nitrogens is 2. The van der Waals surface area contributed by atoms with Gasteiger partial charge in [-0.3, -0.25) is 14.5 Å². The molecule has 0 aliphatic carbocycles. The second kappa shape index (κ2) is 10.4. The van der Waals surface area contributed by atoms with Crippen molar-refractivity contribution in [1.29, 1.82) is 0 Å². The van der Waals surface area contributed by atoms with Crippen molar-refractivity contribution in [2.75, 3.05) is 42.5 Å². The fourth-order valence-corrected chi connectivity index (χ4v) is 4.69. The van der Waals surface area contributed by atoms with Crippen LogP contribution in [0.1, 0.15) is 15.9 Å². The summed E-state index contributed by atoms with van der Waals surface area (Å²) in [7, 11) is 0. The zero-order chi connectivity index (χ0) is 26.0. The number of carbonyl (C=O) groups is 2. The van der Waals surface area contributed by atoms with E-state index in [1.165, 1.54) is 23.8 Å². The number of alkyl halides is 3. The average Bonchev–Trinajstić information content (AvgIpc) is 3.34. The Bertz CT molecular complexity index is 1270. The maximum absolute atomic E-state index is 15.0. The zero-order valence-electron chi connectivity index (χ0n) is 18.4. The number of anilines is 3. The largest absolute Gasteiger partial charge is 0.480 e. The number of hydrogen-bond acceptors (Lipinski definition) is 7. The first kappa shape index (κ1) is 25.8. The van der Waals surface area contributed by atoms with Crippen LogP contribution >= 0.6 is 22.9 Å². The van der Waals surface area contributed by atoms with Crippen molar-refractivity contribution in [1.82, 2.24) is 14.9 Å². The standard InChI is InChI=1S/C22H18ClF4N5O3S/c23-15-10-13(11-29-19(15)31-7-5-30(6-8-31)12-17(33)34)20(35)32(21-28-4-9-36-21)16-3-1-2-14(18(16)24)22(25,26)27/h1-4,9-11H,5-8,12H2,(H,33,34). The number of halogens is 5. The van der Waals surface area contributed by atoms with Crippen molar-refractivity contribution in [3.63, 3.8) is 0 Å². The summed E-state index contributed by atoms with van der Waals surface area (Å²) in [4.78, 5) is 36.9. The van der Waals surface area contributed by atoms with Gasteiger partial charge in [-0.1, -0.05) is 17.7 Å². The summed E-state index contributed by atoms with van der Waals surface area (Å²) < 4.78 is 54.9. The van der Waals surface area contributed by atoms with Crippen LogP contribution in [0.15, 0.2) is 42.0 Å². The number of benzene rings is 1. The fourth-order valence-electron chi connectivity index (χ4n) is 3.76. The van der Waals surface area contributed by atoms with Gasteiger partial charge in [0.25, 0.3) is 5.91 Å². The Balaban J connectivity index is 1.63. The summed E-state index contributed by atoms with van der Waals surface area (Å²) in [5.41, 5.74) is -2.21. The van der Waals surface area contributed by atoms with Gasteiger partial charge in [-0.2, -0.15) is 13.2 Å². The van der Waals surface area contributed by atoms with Crippen molar-refractivity contribution < 1.29 is 32.3 Å². The van der Waals surface area contributed by atoms with Crippen LogP contribution in [0.5, 0.6) is 0 Å². The number of carboxylic acid groups (broad SMARTS) is 1. The Morgan fingerprint density at radius 3 is 2.47 bits per heavy atom. The van der Waals surface area contributed by atoms with E-state index in [-0.39, 0.29) is 22.3 Å². The van der Waals surface area contributed by atoms with Crippen molar-refractivity contribution in [3.8, 4) is 0 Å². The molecule has 3 aromatic rings. The lowest BCUT2D eigenvalue weighted by Crippen LogP contribution is -2.48. The molecular weight excluding hydrogens is 526 g/mol. The number of piperazine rings is 1. The first-order valence-electron chi connectivity index (χ1n) is 10.5. The minimum atomic E-state index is -4.96. The highest BCUT2D eigenvalue weighted by Crippen LogP contribution is 2.38. The molecule has 3 heterocycles. The molecule has 14 heteroatoms. The third-order valence-electron chi connectivity index (χ3n) is 5.44. The summed E-state index contributed by atoms with van der Waals surface area (Å²) in [6, 6.07) is 3.96. The van der Waals surface area contributed by atoms with Gasteiger partial charge in [0.05, 0.1) is 28.4 Å². The van der Waals surface area contributed by atoms with E-state index in [2.05, 4.69) is 9.97 Å². The quantitative estimate of drug-likeness (QED) is 0.457. The highest BCUT2D eigenvalue weighted by Gasteiger charge is 2.37. The van der Waals surface area contributed by atoms with Gasteiger partial charge >= 0.3 is 12.1 Å². The van der Waals surface area contributed by atoms with Crippen molar-refractivity contribution in [2.24, 2.45) is 0 Å². The third-order valence-corrected chi connectivity index (χ3v) is 6.47. The molecular formula is C22H18ClF4N5O3S. The van der Waals surface area contributed by atoms with Gasteiger partial charge in [0.1, 0.15) is 5.82 Å². The highest BCUT2D eigenvalue weighted by atomic mass is 35.5. The van der Waals surface area contributed by atoms with E-state index in [4.69, 9.17) is 16.7 Å². The number of hydrogen-bond donors (Lipinski definition) is 1. The number of carbonyl (C=O) groups excluding carboxylic acids is 1. The van der Waals surface area contributed by atoms with Crippen molar-refractivity contribution in [3.05, 3.63) is 64.0 Å². The Morgan fingerprint density at radius 2 is 1.89 bits per heavy atom. The number of pyridine rings is 1. The van der Waals surface area contributed by atoms with Crippen LogP contribution in [-0.2, 0) is 11.0 Å². The minimum absolute atomic E-state index is 0.0343. The van der Waals surface area contributed by atoms with Crippen LogP contribution in [0, 0.1) is 5.82 Å². The van der Waals surface area contributed by atoms with Gasteiger partial charge in [-0.15, -0.1) is 11.3 Å². The molecule has 1 N–H and O–H groups in total. The molecule has 1 fully saturated rings. The third kappa shape index (κ3) is 5.42. The molecule has 2 aromatic heterocycles. The Kier molecular flexibility index (Phi) is 7.43. The molecule has 0 radical (unpaired) electrons. The molecule has 0 saturated carbocycles. The first-order chi connectivity index (χ1) is 17.1. The van der Waals surface area contributed by atoms with E-state index < -0.39 is 35.1 Å². The number of carboxylic acids is 1. The molecule has 1 saturated heterocycles. The lowest BCUT2D eigenvalue weighted by molar-refractivity contribution is -0.140. The molecule has 1 amide bonds. The topological polar surface area (TPSA) is 89.9 Å². The number of nitrogens with zero attached hydrogens (tertiary/aromatic N) is 5. The van der Waals surface area contributed by atoms with Gasteiger partial charge in [0.2, 0.25) is 0 Å². The second-order valence-corrected chi connectivity index (χ2v) is 9.06. The maximum Gasteiger partial charge on any atom is 0.419 e. The zero-order valence-corrected chi connectivity index (χ0v) is 19.9. The van der Waals surface area contributed by atoms with E-state index in [1.54, 1.807) is 4.90 Å². The second-order valence-electron chi connectivity index (χ2n) is 7.78. The van der Waals surface area contributed by atoms with Crippen LogP contribution in [0.25, 0.3) is 0 Å². The van der Waals surface area contributed by atoms with E-state index in [9.17, 15) is 27.2 Å². The van der Waals surface area contributed by atoms with Crippen molar-refractivity contribution >= 4 is 51.5 Å². The van der Waals surface area contributed by atoms with Gasteiger partial charge in [-0.25, -0.2) is 19.3 Å². The van der Waals surface area contributed by atoms with Crippen LogP contribution in [0.2, 0.25) is 5.02 Å². The monoisotopic (exact) mass is 543 g/mol. The lowest BCUT2D eigenvalue weighted by Gasteiger charge is -2.35. The fraction of sp³-hybridized carbons (Fsp3) is 0.273. The van der Waals surface area contributed by atoms with Crippen molar-refractivity contribution in [2.45, 2.75) is 6.18 Å². The molecule has 1 aliphatic rings. The number of amides is 1. The SMILES string of the molecule is O=C(O)CN1CCN(c2ncc(C(=O)N(c3nccs3)c3cccc(C(F)(F)F)c3F)cc2Cl)CC1. The van der Waals surface area contributed by atoms with Crippen LogP contribution in [0.3, 0.4) is 0 Å². The number of thiazole rings is 1. The average molecular weight is 544 g/mol. The summed E-state index contributed by atoms with van der Waals surface area (Å²) in [6.45, 7) is 1.76. The molecule has 0 spiro atoms. The maximum atomic E-state index is 15.0. The highest BCUT2D eigenvalue weighted by molar-refractivity contribution is 7.14.